The van der Waals surface area contributed by atoms with Crippen LogP contribution in [0.15, 0.2) is 42.6 Å². The number of pyridine rings is 1. The number of aromatic nitrogens is 1. The fraction of sp³-hybridized carbons (Fsp3) is 0.143. The van der Waals surface area contributed by atoms with Crippen LogP contribution in [-0.4, -0.2) is 22.6 Å². The normalized spacial score (nSPS) is 10.4. The zero-order valence-corrected chi connectivity index (χ0v) is 10.8. The van der Waals surface area contributed by atoms with Crippen molar-refractivity contribution in [1.29, 1.82) is 0 Å². The van der Waals surface area contributed by atoms with Gasteiger partial charge in [-0.15, -0.1) is 0 Å². The van der Waals surface area contributed by atoms with Gasteiger partial charge in [0, 0.05) is 6.20 Å². The summed E-state index contributed by atoms with van der Waals surface area (Å²) in [7, 11) is 0. The van der Waals surface area contributed by atoms with E-state index in [1.165, 1.54) is 42.6 Å². The lowest BCUT2D eigenvalue weighted by Gasteiger charge is -2.07. The molecule has 1 aromatic carbocycles. The van der Waals surface area contributed by atoms with E-state index in [0.29, 0.717) is 5.56 Å². The van der Waals surface area contributed by atoms with E-state index in [0.717, 1.165) is 0 Å². The van der Waals surface area contributed by atoms with Crippen LogP contribution in [0.2, 0.25) is 0 Å². The summed E-state index contributed by atoms with van der Waals surface area (Å²) in [4.78, 5) is 15.6. The average molecular weight is 294 g/mol. The number of nitrogens with zero attached hydrogens (tertiary/aromatic N) is 1. The minimum absolute atomic E-state index is 0.0188. The summed E-state index contributed by atoms with van der Waals surface area (Å²) < 4.78 is 28.2. The lowest BCUT2D eigenvalue weighted by atomic mass is 10.1. The Bertz CT molecular complexity index is 618. The quantitative estimate of drug-likeness (QED) is 0.889. The van der Waals surface area contributed by atoms with Crippen molar-refractivity contribution in [3.63, 3.8) is 0 Å². The summed E-state index contributed by atoms with van der Waals surface area (Å²) in [6, 6.07) is 8.66. The fourth-order valence-corrected chi connectivity index (χ4v) is 1.64. The van der Waals surface area contributed by atoms with Gasteiger partial charge in [-0.1, -0.05) is 12.1 Å². The number of hydrogen-bond acceptors (Lipinski definition) is 4. The minimum atomic E-state index is -2.88. The van der Waals surface area contributed by atoms with Crippen molar-refractivity contribution in [2.45, 2.75) is 13.0 Å². The van der Waals surface area contributed by atoms with Gasteiger partial charge in [0.25, 0.3) is 0 Å². The largest absolute Gasteiger partial charge is 0.504 e. The molecule has 0 atom stereocenters. The van der Waals surface area contributed by atoms with E-state index in [-0.39, 0.29) is 29.6 Å². The van der Waals surface area contributed by atoms with E-state index in [4.69, 9.17) is 0 Å². The van der Waals surface area contributed by atoms with Gasteiger partial charge in [-0.25, -0.2) is 4.98 Å². The van der Waals surface area contributed by atoms with E-state index in [9.17, 15) is 18.7 Å². The second kappa shape index (κ2) is 6.65. The Morgan fingerprint density at radius 3 is 2.62 bits per heavy atom. The molecule has 1 amide bonds. The van der Waals surface area contributed by atoms with Crippen LogP contribution in [0.25, 0.3) is 0 Å². The van der Waals surface area contributed by atoms with Crippen molar-refractivity contribution in [2.24, 2.45) is 0 Å². The Balaban J connectivity index is 1.95. The zero-order chi connectivity index (χ0) is 15.2. The van der Waals surface area contributed by atoms with Gasteiger partial charge < -0.3 is 15.2 Å². The van der Waals surface area contributed by atoms with Crippen molar-refractivity contribution in [3.05, 3.63) is 48.2 Å². The van der Waals surface area contributed by atoms with Gasteiger partial charge in [0.05, 0.1) is 6.42 Å². The summed E-state index contributed by atoms with van der Waals surface area (Å²) in [6.45, 7) is -2.88. The predicted molar refractivity (Wildman–Crippen MR) is 71.3 cm³/mol. The molecular weight excluding hydrogens is 282 g/mol. The van der Waals surface area contributed by atoms with Crippen LogP contribution < -0.4 is 10.1 Å². The molecule has 5 nitrogen and oxygen atoms in total. The maximum Gasteiger partial charge on any atom is 0.387 e. The maximum atomic E-state index is 12.0. The molecule has 0 saturated carbocycles. The molecule has 1 heterocycles. The molecule has 0 spiro atoms. The first-order valence-corrected chi connectivity index (χ1v) is 6.02. The van der Waals surface area contributed by atoms with E-state index in [2.05, 4.69) is 15.0 Å². The number of ether oxygens (including phenoxy) is 1. The molecule has 0 unspecified atom stereocenters. The van der Waals surface area contributed by atoms with Crippen LogP contribution in [0.5, 0.6) is 11.5 Å². The van der Waals surface area contributed by atoms with Crippen LogP contribution in [0.1, 0.15) is 5.56 Å². The maximum absolute atomic E-state index is 12.0. The molecule has 1 aromatic heterocycles. The number of amides is 1. The van der Waals surface area contributed by atoms with Gasteiger partial charge in [0.15, 0.2) is 11.6 Å². The third-order valence-corrected chi connectivity index (χ3v) is 2.56. The highest BCUT2D eigenvalue weighted by Crippen LogP contribution is 2.19. The lowest BCUT2D eigenvalue weighted by Crippen LogP contribution is -2.15. The lowest BCUT2D eigenvalue weighted by molar-refractivity contribution is -0.115. The third kappa shape index (κ3) is 4.41. The first kappa shape index (κ1) is 14.7. The molecule has 7 heteroatoms. The van der Waals surface area contributed by atoms with Crippen LogP contribution in [-0.2, 0) is 11.2 Å². The summed E-state index contributed by atoms with van der Waals surface area (Å²) in [6.07, 6.45) is 1.46. The van der Waals surface area contributed by atoms with Gasteiger partial charge in [0.2, 0.25) is 5.91 Å². The monoisotopic (exact) mass is 294 g/mol. The second-order valence-corrected chi connectivity index (χ2v) is 4.12. The first-order valence-electron chi connectivity index (χ1n) is 6.02. The van der Waals surface area contributed by atoms with E-state index >= 15 is 0 Å². The molecule has 110 valence electrons. The fourth-order valence-electron chi connectivity index (χ4n) is 1.64. The average Bonchev–Trinajstić information content (AvgIpc) is 2.43. The molecule has 0 aliphatic rings. The zero-order valence-electron chi connectivity index (χ0n) is 10.8. The second-order valence-electron chi connectivity index (χ2n) is 4.12. The van der Waals surface area contributed by atoms with E-state index < -0.39 is 6.61 Å². The first-order chi connectivity index (χ1) is 10.0. The van der Waals surface area contributed by atoms with E-state index in [1.807, 2.05) is 0 Å². The molecule has 0 radical (unpaired) electrons. The highest BCUT2D eigenvalue weighted by atomic mass is 19.3. The number of hydrogen-bond donors (Lipinski definition) is 2. The number of benzene rings is 1. The van der Waals surface area contributed by atoms with Crippen molar-refractivity contribution >= 4 is 11.7 Å². The number of carbonyl (C=O) groups is 1. The SMILES string of the molecule is O=C(Cc1ccc(OC(F)F)cc1)Nc1ncccc1O. The Hall–Kier alpha value is -2.70. The summed E-state index contributed by atoms with van der Waals surface area (Å²) in [5.41, 5.74) is 0.615. The van der Waals surface area contributed by atoms with Crippen LogP contribution in [0, 0.1) is 0 Å². The van der Waals surface area contributed by atoms with Gasteiger partial charge in [-0.2, -0.15) is 8.78 Å². The van der Waals surface area contributed by atoms with Crippen LogP contribution in [0.3, 0.4) is 0 Å². The van der Waals surface area contributed by atoms with E-state index in [1.54, 1.807) is 0 Å². The van der Waals surface area contributed by atoms with Crippen LogP contribution >= 0.6 is 0 Å². The molecule has 2 N–H and O–H groups in total. The topological polar surface area (TPSA) is 71.5 Å². The number of alkyl halides is 2. The Kier molecular flexibility index (Phi) is 4.65. The molecule has 0 saturated heterocycles. The van der Waals surface area contributed by atoms with Crippen molar-refractivity contribution < 1.29 is 23.4 Å². The summed E-state index contributed by atoms with van der Waals surface area (Å²) >= 11 is 0. The minimum Gasteiger partial charge on any atom is -0.504 e. The molecule has 21 heavy (non-hydrogen) atoms. The summed E-state index contributed by atoms with van der Waals surface area (Å²) in [5, 5.41) is 11.9. The number of anilines is 1. The highest BCUT2D eigenvalue weighted by Gasteiger charge is 2.09. The number of carbonyl (C=O) groups excluding carboxylic acids is 1. The molecule has 0 fully saturated rings. The van der Waals surface area contributed by atoms with Crippen molar-refractivity contribution in [3.8, 4) is 11.5 Å². The molecule has 0 aliphatic heterocycles. The number of halogens is 2. The third-order valence-electron chi connectivity index (χ3n) is 2.56. The van der Waals surface area contributed by atoms with Crippen molar-refractivity contribution in [2.75, 3.05) is 5.32 Å². The number of aromatic hydroxyl groups is 1. The molecule has 0 aliphatic carbocycles. The van der Waals surface area contributed by atoms with Gasteiger partial charge in [-0.3, -0.25) is 4.79 Å². The molecule has 2 rings (SSSR count). The van der Waals surface area contributed by atoms with Gasteiger partial charge in [0.1, 0.15) is 5.75 Å². The van der Waals surface area contributed by atoms with Gasteiger partial charge in [-0.05, 0) is 29.8 Å². The summed E-state index contributed by atoms with van der Waals surface area (Å²) in [5.74, 6) is -0.422. The molecule has 2 aromatic rings. The standard InChI is InChI=1S/C14H12F2N2O3/c15-14(16)21-10-5-3-9(4-6-10)8-12(20)18-13-11(19)2-1-7-17-13/h1-7,14,19H,8H2,(H,17,18,20). The van der Waals surface area contributed by atoms with Gasteiger partial charge >= 0.3 is 6.61 Å². The number of nitrogens with one attached hydrogen (secondary N) is 1. The van der Waals surface area contributed by atoms with Crippen LogP contribution in [0.4, 0.5) is 14.6 Å². The molecule has 0 bridgehead atoms. The Morgan fingerprint density at radius 1 is 1.29 bits per heavy atom. The Morgan fingerprint density at radius 2 is 2.00 bits per heavy atom. The van der Waals surface area contributed by atoms with Crippen molar-refractivity contribution in [1.82, 2.24) is 4.98 Å². The smallest absolute Gasteiger partial charge is 0.387 e. The Labute approximate surface area is 119 Å². The number of rotatable bonds is 5. The predicted octanol–water partition coefficient (Wildman–Crippen LogP) is 2.57. The molecular formula is C14H12F2N2O3. The highest BCUT2D eigenvalue weighted by molar-refractivity contribution is 5.92.